The Morgan fingerprint density at radius 2 is 2.13 bits per heavy atom. The van der Waals surface area contributed by atoms with E-state index in [4.69, 9.17) is 4.74 Å². The number of hydrogen-bond acceptors (Lipinski definition) is 3. The maximum absolute atomic E-state index is 10.9. The molecule has 78 valence electrons. The van der Waals surface area contributed by atoms with Gasteiger partial charge in [-0.2, -0.15) is 0 Å². The zero-order chi connectivity index (χ0) is 11.1. The third-order valence-corrected chi connectivity index (χ3v) is 2.50. The van der Waals surface area contributed by atoms with E-state index in [2.05, 4.69) is 0 Å². The van der Waals surface area contributed by atoms with E-state index in [9.17, 15) is 9.90 Å². The van der Waals surface area contributed by atoms with Crippen LogP contribution in [0.2, 0.25) is 0 Å². The molecule has 2 rings (SSSR count). The molecule has 0 saturated heterocycles. The molecular formula is C12H12O3. The van der Waals surface area contributed by atoms with Gasteiger partial charge in [-0.15, -0.1) is 0 Å². The first-order valence-electron chi connectivity index (χ1n) is 4.72. The van der Waals surface area contributed by atoms with Gasteiger partial charge in [0.05, 0.1) is 0 Å². The Hall–Kier alpha value is -1.77. The van der Waals surface area contributed by atoms with Crippen LogP contribution in [-0.4, -0.2) is 17.0 Å². The maximum Gasteiger partial charge on any atom is 0.150 e. The van der Waals surface area contributed by atoms with Crippen molar-refractivity contribution in [2.75, 3.05) is 0 Å². The number of ether oxygens (including phenoxy) is 1. The van der Waals surface area contributed by atoms with Crippen molar-refractivity contribution in [1.82, 2.24) is 0 Å². The molecule has 0 spiro atoms. The topological polar surface area (TPSA) is 46.5 Å². The van der Waals surface area contributed by atoms with Gasteiger partial charge < -0.3 is 9.84 Å². The summed E-state index contributed by atoms with van der Waals surface area (Å²) in [5.74, 6) is 0.762. The summed E-state index contributed by atoms with van der Waals surface area (Å²) in [7, 11) is 0. The molecule has 0 aliphatic carbocycles. The number of phenols is 1. The fourth-order valence-electron chi connectivity index (χ4n) is 1.58. The van der Waals surface area contributed by atoms with Crippen LogP contribution in [0, 0.1) is 0 Å². The number of rotatable bonds is 1. The van der Waals surface area contributed by atoms with Crippen LogP contribution < -0.4 is 4.74 Å². The van der Waals surface area contributed by atoms with Gasteiger partial charge >= 0.3 is 0 Å². The van der Waals surface area contributed by atoms with Gasteiger partial charge in [-0.1, -0.05) is 0 Å². The summed E-state index contributed by atoms with van der Waals surface area (Å²) in [6, 6.07) is 4.85. The number of phenolic OH excluding ortho intramolecular Hbond substituents is 1. The van der Waals surface area contributed by atoms with Crippen molar-refractivity contribution >= 4 is 12.4 Å². The number of benzene rings is 1. The van der Waals surface area contributed by atoms with E-state index in [1.165, 1.54) is 0 Å². The lowest BCUT2D eigenvalue weighted by Crippen LogP contribution is -2.33. The van der Waals surface area contributed by atoms with E-state index in [1.807, 2.05) is 13.8 Å². The fraction of sp³-hybridized carbons (Fsp3) is 0.250. The molecule has 0 amide bonds. The average molecular weight is 204 g/mol. The van der Waals surface area contributed by atoms with Crippen LogP contribution in [-0.2, 0) is 4.79 Å². The highest BCUT2D eigenvalue weighted by atomic mass is 16.5. The molecule has 0 saturated carbocycles. The van der Waals surface area contributed by atoms with E-state index >= 15 is 0 Å². The van der Waals surface area contributed by atoms with Crippen LogP contribution in [0.4, 0.5) is 0 Å². The van der Waals surface area contributed by atoms with E-state index in [0.29, 0.717) is 11.3 Å². The highest BCUT2D eigenvalue weighted by molar-refractivity contribution is 5.86. The Morgan fingerprint density at radius 1 is 1.40 bits per heavy atom. The van der Waals surface area contributed by atoms with Crippen molar-refractivity contribution in [2.45, 2.75) is 19.4 Å². The zero-order valence-electron chi connectivity index (χ0n) is 8.65. The number of fused-ring (bicyclic) bond motifs is 1. The Kier molecular flexibility index (Phi) is 2.03. The second-order valence-electron chi connectivity index (χ2n) is 4.05. The summed E-state index contributed by atoms with van der Waals surface area (Å²) in [5.41, 5.74) is 0.776. The average Bonchev–Trinajstić information content (AvgIpc) is 2.15. The van der Waals surface area contributed by atoms with E-state index in [1.54, 1.807) is 24.3 Å². The smallest absolute Gasteiger partial charge is 0.150 e. The van der Waals surface area contributed by atoms with Gasteiger partial charge in [0.15, 0.2) is 0 Å². The Bertz CT molecular complexity index is 444. The molecule has 1 aromatic rings. The predicted octanol–water partition coefficient (Wildman–Crippen LogP) is 2.15. The van der Waals surface area contributed by atoms with E-state index in [0.717, 1.165) is 11.8 Å². The summed E-state index contributed by atoms with van der Waals surface area (Å²) in [4.78, 5) is 10.9. The Labute approximate surface area is 88.0 Å². The highest BCUT2D eigenvalue weighted by Crippen LogP contribution is 2.36. The van der Waals surface area contributed by atoms with Crippen molar-refractivity contribution in [3.05, 3.63) is 29.3 Å². The Morgan fingerprint density at radius 3 is 2.80 bits per heavy atom. The van der Waals surface area contributed by atoms with Crippen molar-refractivity contribution in [3.63, 3.8) is 0 Å². The van der Waals surface area contributed by atoms with Gasteiger partial charge in [-0.3, -0.25) is 4.79 Å². The second-order valence-corrected chi connectivity index (χ2v) is 4.05. The lowest BCUT2D eigenvalue weighted by Gasteiger charge is -2.31. The highest BCUT2D eigenvalue weighted by Gasteiger charge is 2.29. The normalized spacial score (nSPS) is 17.3. The van der Waals surface area contributed by atoms with Crippen LogP contribution in [0.25, 0.3) is 6.08 Å². The zero-order valence-corrected chi connectivity index (χ0v) is 8.65. The van der Waals surface area contributed by atoms with Crippen molar-refractivity contribution < 1.29 is 14.6 Å². The second kappa shape index (κ2) is 3.12. The van der Waals surface area contributed by atoms with Gasteiger partial charge in [-0.25, -0.2) is 0 Å². The molecule has 0 bridgehead atoms. The van der Waals surface area contributed by atoms with Crippen LogP contribution in [0.1, 0.15) is 19.4 Å². The molecular weight excluding hydrogens is 192 g/mol. The van der Waals surface area contributed by atoms with Gasteiger partial charge in [0.25, 0.3) is 0 Å². The standard InChI is InChI=1S/C12H12O3/c1-12(2)9(7-13)5-8-3-4-10(14)6-11(8)15-12/h3-7,14H,1-2H3. The number of carbonyl (C=O) groups excluding carboxylic acids is 1. The summed E-state index contributed by atoms with van der Waals surface area (Å²) >= 11 is 0. The molecule has 0 atom stereocenters. The van der Waals surface area contributed by atoms with Crippen molar-refractivity contribution in [2.24, 2.45) is 0 Å². The monoisotopic (exact) mass is 204 g/mol. The van der Waals surface area contributed by atoms with E-state index < -0.39 is 5.60 Å². The first-order valence-corrected chi connectivity index (χ1v) is 4.72. The fourth-order valence-corrected chi connectivity index (χ4v) is 1.58. The van der Waals surface area contributed by atoms with Crippen molar-refractivity contribution in [3.8, 4) is 11.5 Å². The van der Waals surface area contributed by atoms with Crippen molar-refractivity contribution in [1.29, 1.82) is 0 Å². The van der Waals surface area contributed by atoms with Gasteiger partial charge in [0.2, 0.25) is 0 Å². The Balaban J connectivity index is 2.56. The summed E-state index contributed by atoms with van der Waals surface area (Å²) in [6.45, 7) is 3.64. The van der Waals surface area contributed by atoms with Crippen LogP contribution in [0.3, 0.4) is 0 Å². The molecule has 1 N–H and O–H groups in total. The molecule has 15 heavy (non-hydrogen) atoms. The minimum Gasteiger partial charge on any atom is -0.508 e. The number of carbonyl (C=O) groups is 1. The van der Waals surface area contributed by atoms with Crippen LogP contribution >= 0.6 is 0 Å². The lowest BCUT2D eigenvalue weighted by molar-refractivity contribution is -0.106. The quantitative estimate of drug-likeness (QED) is 0.713. The lowest BCUT2D eigenvalue weighted by atomic mass is 9.93. The number of aldehydes is 1. The molecule has 1 aromatic carbocycles. The van der Waals surface area contributed by atoms with E-state index in [-0.39, 0.29) is 5.75 Å². The predicted molar refractivity (Wildman–Crippen MR) is 56.9 cm³/mol. The number of aromatic hydroxyl groups is 1. The maximum atomic E-state index is 10.9. The first-order chi connectivity index (χ1) is 7.03. The minimum atomic E-state index is -0.636. The van der Waals surface area contributed by atoms with Gasteiger partial charge in [0, 0.05) is 17.2 Å². The van der Waals surface area contributed by atoms with Crippen LogP contribution in [0.15, 0.2) is 23.8 Å². The minimum absolute atomic E-state index is 0.160. The molecule has 0 fully saturated rings. The number of hydrogen-bond donors (Lipinski definition) is 1. The molecule has 3 nitrogen and oxygen atoms in total. The molecule has 1 aliphatic rings. The molecule has 3 heteroatoms. The van der Waals surface area contributed by atoms with Crippen LogP contribution in [0.5, 0.6) is 11.5 Å². The molecule has 0 unspecified atom stereocenters. The third-order valence-electron chi connectivity index (χ3n) is 2.50. The molecule has 1 heterocycles. The SMILES string of the molecule is CC1(C)Oc2cc(O)ccc2C=C1C=O. The summed E-state index contributed by atoms with van der Waals surface area (Å²) in [6.07, 6.45) is 2.58. The molecule has 0 radical (unpaired) electrons. The molecule has 1 aliphatic heterocycles. The van der Waals surface area contributed by atoms with Gasteiger partial charge in [-0.05, 0) is 32.1 Å². The molecule has 0 aromatic heterocycles. The third kappa shape index (κ3) is 1.61. The summed E-state index contributed by atoms with van der Waals surface area (Å²) in [5, 5.41) is 9.31. The largest absolute Gasteiger partial charge is 0.508 e. The first kappa shape index (κ1) is 9.77. The summed E-state index contributed by atoms with van der Waals surface area (Å²) < 4.78 is 5.64. The van der Waals surface area contributed by atoms with Gasteiger partial charge in [0.1, 0.15) is 23.4 Å².